The van der Waals surface area contributed by atoms with Crippen LogP contribution in [-0.2, 0) is 4.79 Å². The molecule has 110 valence electrons. The van der Waals surface area contributed by atoms with Crippen LogP contribution in [-0.4, -0.2) is 29.8 Å². The molecule has 0 radical (unpaired) electrons. The van der Waals surface area contributed by atoms with Crippen LogP contribution in [0.4, 0.5) is 10.5 Å². The third-order valence-electron chi connectivity index (χ3n) is 2.76. The third-order valence-corrected chi connectivity index (χ3v) is 2.76. The molecule has 1 aromatic carbocycles. The predicted molar refractivity (Wildman–Crippen MR) is 76.1 cm³/mol. The lowest BCUT2D eigenvalue weighted by Crippen LogP contribution is -2.45. The van der Waals surface area contributed by atoms with Crippen molar-refractivity contribution in [2.24, 2.45) is 0 Å². The van der Waals surface area contributed by atoms with Gasteiger partial charge in [0.2, 0.25) is 0 Å². The largest absolute Gasteiger partial charge is 0.497 e. The number of methoxy groups -OCH3 is 1. The molecule has 0 fully saturated rings. The monoisotopic (exact) mass is 280 g/mol. The molecule has 0 saturated carbocycles. The molecule has 0 aliphatic heterocycles. The van der Waals surface area contributed by atoms with Gasteiger partial charge in [-0.3, -0.25) is 4.79 Å². The van der Waals surface area contributed by atoms with E-state index in [4.69, 9.17) is 9.84 Å². The maximum atomic E-state index is 11.8. The minimum atomic E-state index is -0.879. The number of rotatable bonds is 6. The second-order valence-electron chi connectivity index (χ2n) is 5.09. The molecule has 0 heterocycles. The molecule has 0 bridgehead atoms. The lowest BCUT2D eigenvalue weighted by molar-refractivity contribution is -0.137. The van der Waals surface area contributed by atoms with Crippen LogP contribution in [0.2, 0.25) is 0 Å². The highest BCUT2D eigenvalue weighted by Crippen LogP contribution is 2.16. The summed E-state index contributed by atoms with van der Waals surface area (Å²) < 4.78 is 5.03. The highest BCUT2D eigenvalue weighted by Gasteiger charge is 2.21. The van der Waals surface area contributed by atoms with Gasteiger partial charge in [-0.15, -0.1) is 0 Å². The maximum Gasteiger partial charge on any atom is 0.319 e. The van der Waals surface area contributed by atoms with Crippen molar-refractivity contribution in [1.29, 1.82) is 0 Å². The van der Waals surface area contributed by atoms with Gasteiger partial charge in [-0.25, -0.2) is 4.79 Å². The van der Waals surface area contributed by atoms with Gasteiger partial charge in [-0.05, 0) is 44.5 Å². The first kappa shape index (κ1) is 15.8. The van der Waals surface area contributed by atoms with Crippen LogP contribution in [0, 0.1) is 0 Å². The Balaban J connectivity index is 2.51. The van der Waals surface area contributed by atoms with Crippen molar-refractivity contribution >= 4 is 17.7 Å². The summed E-state index contributed by atoms with van der Waals surface area (Å²) in [5, 5.41) is 14.1. The molecule has 6 nitrogen and oxygen atoms in total. The number of ether oxygens (including phenoxy) is 1. The second kappa shape index (κ2) is 6.79. The molecule has 0 aliphatic rings. The Morgan fingerprint density at radius 1 is 1.25 bits per heavy atom. The summed E-state index contributed by atoms with van der Waals surface area (Å²) in [7, 11) is 1.57. The fraction of sp³-hybridized carbons (Fsp3) is 0.429. The first-order chi connectivity index (χ1) is 9.32. The van der Waals surface area contributed by atoms with Crippen LogP contribution in [0.3, 0.4) is 0 Å². The van der Waals surface area contributed by atoms with E-state index in [1.165, 1.54) is 0 Å². The molecule has 1 rings (SSSR count). The van der Waals surface area contributed by atoms with Gasteiger partial charge in [0, 0.05) is 17.6 Å². The maximum absolute atomic E-state index is 11.8. The van der Waals surface area contributed by atoms with Crippen LogP contribution in [0.5, 0.6) is 5.75 Å². The number of carbonyl (C=O) groups excluding carboxylic acids is 1. The van der Waals surface area contributed by atoms with Crippen molar-refractivity contribution in [2.75, 3.05) is 12.4 Å². The van der Waals surface area contributed by atoms with E-state index >= 15 is 0 Å². The van der Waals surface area contributed by atoms with Crippen molar-refractivity contribution in [3.05, 3.63) is 24.3 Å². The number of hydrogen-bond donors (Lipinski definition) is 3. The van der Waals surface area contributed by atoms with Crippen molar-refractivity contribution in [3.63, 3.8) is 0 Å². The number of anilines is 1. The number of hydrogen-bond acceptors (Lipinski definition) is 3. The minimum absolute atomic E-state index is 0.00974. The first-order valence-corrected chi connectivity index (χ1v) is 6.27. The second-order valence-corrected chi connectivity index (χ2v) is 5.09. The summed E-state index contributed by atoms with van der Waals surface area (Å²) >= 11 is 0. The number of carboxylic acid groups (broad SMARTS) is 1. The summed E-state index contributed by atoms with van der Waals surface area (Å²) in [6.45, 7) is 3.56. The number of amides is 2. The van der Waals surface area contributed by atoms with E-state index in [1.807, 2.05) is 0 Å². The molecule has 0 aliphatic carbocycles. The Bertz CT molecular complexity index is 469. The molecular weight excluding hydrogens is 260 g/mol. The molecule has 0 saturated heterocycles. The van der Waals surface area contributed by atoms with Crippen molar-refractivity contribution in [2.45, 2.75) is 32.2 Å². The number of aliphatic carboxylic acids is 1. The lowest BCUT2D eigenvalue weighted by Gasteiger charge is -2.25. The van der Waals surface area contributed by atoms with Crippen LogP contribution in [0.1, 0.15) is 26.7 Å². The van der Waals surface area contributed by atoms with E-state index in [0.29, 0.717) is 17.9 Å². The van der Waals surface area contributed by atoms with Crippen LogP contribution < -0.4 is 15.4 Å². The highest BCUT2D eigenvalue weighted by molar-refractivity contribution is 5.89. The van der Waals surface area contributed by atoms with E-state index in [2.05, 4.69) is 10.6 Å². The Kier molecular flexibility index (Phi) is 5.37. The summed E-state index contributed by atoms with van der Waals surface area (Å²) in [4.78, 5) is 22.4. The molecule has 0 spiro atoms. The lowest BCUT2D eigenvalue weighted by atomic mass is 9.99. The molecule has 0 unspecified atom stereocenters. The van der Waals surface area contributed by atoms with Gasteiger partial charge in [-0.1, -0.05) is 0 Å². The average molecular weight is 280 g/mol. The Morgan fingerprint density at radius 3 is 2.35 bits per heavy atom. The van der Waals surface area contributed by atoms with E-state index in [-0.39, 0.29) is 12.5 Å². The Morgan fingerprint density at radius 2 is 1.85 bits per heavy atom. The summed E-state index contributed by atoms with van der Waals surface area (Å²) in [5.74, 6) is -0.173. The van der Waals surface area contributed by atoms with E-state index in [0.717, 1.165) is 0 Å². The van der Waals surface area contributed by atoms with Crippen molar-refractivity contribution < 1.29 is 19.4 Å². The number of urea groups is 1. The van der Waals surface area contributed by atoms with Gasteiger partial charge in [0.25, 0.3) is 0 Å². The van der Waals surface area contributed by atoms with E-state index < -0.39 is 11.5 Å². The number of carboxylic acids is 1. The molecule has 20 heavy (non-hydrogen) atoms. The summed E-state index contributed by atoms with van der Waals surface area (Å²) in [6.07, 6.45) is 0.369. The van der Waals surface area contributed by atoms with Gasteiger partial charge < -0.3 is 20.5 Å². The predicted octanol–water partition coefficient (Wildman–Crippen LogP) is 2.46. The smallest absolute Gasteiger partial charge is 0.319 e. The van der Waals surface area contributed by atoms with Crippen molar-refractivity contribution in [1.82, 2.24) is 5.32 Å². The normalized spacial score (nSPS) is 10.8. The van der Waals surface area contributed by atoms with Crippen LogP contribution in [0.25, 0.3) is 0 Å². The molecule has 2 amide bonds. The van der Waals surface area contributed by atoms with Gasteiger partial charge >= 0.3 is 12.0 Å². The van der Waals surface area contributed by atoms with Crippen LogP contribution in [0.15, 0.2) is 24.3 Å². The Labute approximate surface area is 118 Å². The molecule has 0 atom stereocenters. The minimum Gasteiger partial charge on any atom is -0.497 e. The number of benzene rings is 1. The molecule has 3 N–H and O–H groups in total. The van der Waals surface area contributed by atoms with Crippen molar-refractivity contribution in [3.8, 4) is 5.75 Å². The van der Waals surface area contributed by atoms with Gasteiger partial charge in [0.1, 0.15) is 5.75 Å². The highest BCUT2D eigenvalue weighted by atomic mass is 16.5. The quantitative estimate of drug-likeness (QED) is 0.747. The van der Waals surface area contributed by atoms with Gasteiger partial charge in [0.15, 0.2) is 0 Å². The molecule has 6 heteroatoms. The standard InChI is InChI=1S/C14H20N2O4/c1-14(2,9-8-12(17)18)16-13(19)15-10-4-6-11(20-3)7-5-10/h4-7H,8-9H2,1-3H3,(H,17,18)(H2,15,16,19). The fourth-order valence-corrected chi connectivity index (χ4v) is 1.63. The zero-order chi connectivity index (χ0) is 15.2. The number of carbonyl (C=O) groups is 2. The third kappa shape index (κ3) is 5.60. The topological polar surface area (TPSA) is 87.7 Å². The summed E-state index contributed by atoms with van der Waals surface area (Å²) in [6, 6.07) is 6.56. The van der Waals surface area contributed by atoms with Gasteiger partial charge in [0.05, 0.1) is 7.11 Å². The molecular formula is C14H20N2O4. The molecule has 1 aromatic rings. The zero-order valence-electron chi connectivity index (χ0n) is 11.9. The van der Waals surface area contributed by atoms with E-state index in [9.17, 15) is 9.59 Å². The SMILES string of the molecule is COc1ccc(NC(=O)NC(C)(C)CCC(=O)O)cc1. The average Bonchev–Trinajstić information content (AvgIpc) is 2.37. The zero-order valence-corrected chi connectivity index (χ0v) is 11.9. The molecule has 0 aromatic heterocycles. The van der Waals surface area contributed by atoms with E-state index in [1.54, 1.807) is 45.2 Å². The summed E-state index contributed by atoms with van der Waals surface area (Å²) in [5.41, 5.74) is 0.0481. The van der Waals surface area contributed by atoms with Gasteiger partial charge in [-0.2, -0.15) is 0 Å². The fourth-order valence-electron chi connectivity index (χ4n) is 1.63. The number of nitrogens with one attached hydrogen (secondary N) is 2. The first-order valence-electron chi connectivity index (χ1n) is 6.27. The van der Waals surface area contributed by atoms with Crippen LogP contribution >= 0.6 is 0 Å². The Hall–Kier alpha value is -2.24.